The first-order chi connectivity index (χ1) is 13.1. The van der Waals surface area contributed by atoms with Gasteiger partial charge in [-0.2, -0.15) is 10.2 Å². The monoisotopic (exact) mass is 368 g/mol. The summed E-state index contributed by atoms with van der Waals surface area (Å²) in [5.74, 6) is -0.854. The lowest BCUT2D eigenvalue weighted by atomic mass is 9.85. The Labute approximate surface area is 153 Å². The molecule has 1 aliphatic heterocycles. The standard InChI is InChI=1S/C17H16N6O4/c1-27-12-3-2-9(4-10(12)6-23-8-18-7-19-23)11-5-13(24)20-16-14(11)15(17(25)26)21-22-16/h2-4,7-8,11H,5-6H2,1H3,(H,25,26)(H2,20,21,22,24). The molecule has 3 heterocycles. The Bertz CT molecular complexity index is 1010. The Morgan fingerprint density at radius 3 is 3.00 bits per heavy atom. The molecular weight excluding hydrogens is 352 g/mol. The van der Waals surface area contributed by atoms with Crippen LogP contribution in [0.2, 0.25) is 0 Å². The third kappa shape index (κ3) is 3.01. The number of methoxy groups -OCH3 is 1. The van der Waals surface area contributed by atoms with E-state index in [9.17, 15) is 14.7 Å². The fourth-order valence-electron chi connectivity index (χ4n) is 3.33. The van der Waals surface area contributed by atoms with Crippen LogP contribution in [0.25, 0.3) is 0 Å². The second-order valence-corrected chi connectivity index (χ2v) is 6.14. The summed E-state index contributed by atoms with van der Waals surface area (Å²) >= 11 is 0. The van der Waals surface area contributed by atoms with Crippen LogP contribution in [0.3, 0.4) is 0 Å². The van der Waals surface area contributed by atoms with Gasteiger partial charge in [-0.15, -0.1) is 0 Å². The molecule has 0 fully saturated rings. The molecule has 1 amide bonds. The number of aromatic amines is 1. The van der Waals surface area contributed by atoms with Gasteiger partial charge in [-0.25, -0.2) is 14.5 Å². The van der Waals surface area contributed by atoms with Crippen LogP contribution in [0.5, 0.6) is 5.75 Å². The van der Waals surface area contributed by atoms with Crippen molar-refractivity contribution >= 4 is 17.7 Å². The molecule has 10 heteroatoms. The number of nitrogens with one attached hydrogen (secondary N) is 2. The van der Waals surface area contributed by atoms with Crippen LogP contribution in [0.4, 0.5) is 5.82 Å². The Morgan fingerprint density at radius 2 is 2.30 bits per heavy atom. The molecule has 4 rings (SSSR count). The molecule has 3 aromatic rings. The molecule has 0 aliphatic carbocycles. The van der Waals surface area contributed by atoms with Gasteiger partial charge in [0.25, 0.3) is 0 Å². The smallest absolute Gasteiger partial charge is 0.354 e. The van der Waals surface area contributed by atoms with E-state index in [1.165, 1.54) is 6.33 Å². The van der Waals surface area contributed by atoms with E-state index in [1.807, 2.05) is 12.1 Å². The van der Waals surface area contributed by atoms with Crippen LogP contribution in [-0.4, -0.2) is 49.1 Å². The number of H-pyrrole nitrogens is 1. The minimum Gasteiger partial charge on any atom is -0.496 e. The van der Waals surface area contributed by atoms with Gasteiger partial charge in [-0.1, -0.05) is 6.07 Å². The lowest BCUT2D eigenvalue weighted by Gasteiger charge is -2.23. The highest BCUT2D eigenvalue weighted by atomic mass is 16.5. The number of fused-ring (bicyclic) bond motifs is 1. The normalized spacial score (nSPS) is 15.9. The molecule has 0 bridgehead atoms. The first-order valence-electron chi connectivity index (χ1n) is 8.17. The van der Waals surface area contributed by atoms with Gasteiger partial charge < -0.3 is 15.2 Å². The Hall–Kier alpha value is -3.69. The number of carboxylic acid groups (broad SMARTS) is 1. The SMILES string of the molecule is COc1ccc(C2CC(=O)Nc3n[nH]c(C(=O)O)c32)cc1Cn1cncn1. The van der Waals surface area contributed by atoms with Crippen molar-refractivity contribution in [2.75, 3.05) is 12.4 Å². The van der Waals surface area contributed by atoms with E-state index in [-0.39, 0.29) is 23.8 Å². The third-order valence-corrected chi connectivity index (χ3v) is 4.52. The summed E-state index contributed by atoms with van der Waals surface area (Å²) < 4.78 is 7.07. The summed E-state index contributed by atoms with van der Waals surface area (Å²) in [5, 5.41) is 22.6. The van der Waals surface area contributed by atoms with Crippen LogP contribution >= 0.6 is 0 Å². The highest BCUT2D eigenvalue weighted by Gasteiger charge is 2.34. The summed E-state index contributed by atoms with van der Waals surface area (Å²) in [4.78, 5) is 27.6. The van der Waals surface area contributed by atoms with Gasteiger partial charge in [0.1, 0.15) is 24.1 Å². The van der Waals surface area contributed by atoms with Gasteiger partial charge in [-0.05, 0) is 17.7 Å². The molecule has 1 unspecified atom stereocenters. The zero-order valence-electron chi connectivity index (χ0n) is 14.3. The number of aromatic nitrogens is 5. The van der Waals surface area contributed by atoms with Gasteiger partial charge in [-0.3, -0.25) is 9.89 Å². The van der Waals surface area contributed by atoms with Gasteiger partial charge in [0.15, 0.2) is 5.82 Å². The maximum atomic E-state index is 12.1. The summed E-state index contributed by atoms with van der Waals surface area (Å²) in [6, 6.07) is 5.52. The van der Waals surface area contributed by atoms with E-state index in [0.29, 0.717) is 17.9 Å². The molecule has 0 spiro atoms. The maximum Gasteiger partial charge on any atom is 0.354 e. The second-order valence-electron chi connectivity index (χ2n) is 6.14. The van der Waals surface area contributed by atoms with Crippen LogP contribution in [0.1, 0.15) is 39.5 Å². The van der Waals surface area contributed by atoms with Crippen molar-refractivity contribution in [3.8, 4) is 5.75 Å². The molecule has 1 aromatic carbocycles. The quantitative estimate of drug-likeness (QED) is 0.616. The van der Waals surface area contributed by atoms with Crippen molar-refractivity contribution < 1.29 is 19.4 Å². The van der Waals surface area contributed by atoms with E-state index in [0.717, 1.165) is 11.1 Å². The predicted octanol–water partition coefficient (Wildman–Crippen LogP) is 1.23. The molecule has 138 valence electrons. The van der Waals surface area contributed by atoms with Gasteiger partial charge in [0.05, 0.1) is 13.7 Å². The third-order valence-electron chi connectivity index (χ3n) is 4.52. The highest BCUT2D eigenvalue weighted by Crippen LogP contribution is 2.39. The van der Waals surface area contributed by atoms with Crippen molar-refractivity contribution in [2.45, 2.75) is 18.9 Å². The number of aromatic carboxylic acids is 1. The number of rotatable bonds is 5. The molecule has 0 radical (unpaired) electrons. The maximum absolute atomic E-state index is 12.1. The van der Waals surface area contributed by atoms with Crippen LogP contribution in [-0.2, 0) is 11.3 Å². The fraction of sp³-hybridized carbons (Fsp3) is 0.235. The Kier molecular flexibility index (Phi) is 4.07. The molecule has 27 heavy (non-hydrogen) atoms. The number of carboxylic acids is 1. The van der Waals surface area contributed by atoms with Gasteiger partial charge >= 0.3 is 5.97 Å². The number of anilines is 1. The number of carbonyl (C=O) groups excluding carboxylic acids is 1. The van der Waals surface area contributed by atoms with E-state index in [2.05, 4.69) is 25.6 Å². The number of benzene rings is 1. The first-order valence-corrected chi connectivity index (χ1v) is 8.17. The highest BCUT2D eigenvalue weighted by molar-refractivity contribution is 5.98. The lowest BCUT2D eigenvalue weighted by molar-refractivity contribution is -0.116. The van der Waals surface area contributed by atoms with Crippen LogP contribution < -0.4 is 10.1 Å². The summed E-state index contributed by atoms with van der Waals surface area (Å²) in [7, 11) is 1.57. The fourth-order valence-corrected chi connectivity index (χ4v) is 3.33. The molecule has 3 N–H and O–H groups in total. The molecule has 2 aromatic heterocycles. The predicted molar refractivity (Wildman–Crippen MR) is 92.8 cm³/mol. The minimum absolute atomic E-state index is 0.0244. The molecule has 0 saturated carbocycles. The molecule has 10 nitrogen and oxygen atoms in total. The summed E-state index contributed by atoms with van der Waals surface area (Å²) in [6.07, 6.45) is 3.16. The number of ether oxygens (including phenoxy) is 1. The van der Waals surface area contributed by atoms with E-state index >= 15 is 0 Å². The molecular formula is C17H16N6O4. The topological polar surface area (TPSA) is 135 Å². The van der Waals surface area contributed by atoms with E-state index in [1.54, 1.807) is 24.2 Å². The van der Waals surface area contributed by atoms with Crippen molar-refractivity contribution in [3.63, 3.8) is 0 Å². The van der Waals surface area contributed by atoms with Crippen LogP contribution in [0, 0.1) is 0 Å². The number of nitrogens with zero attached hydrogens (tertiary/aromatic N) is 4. The van der Waals surface area contributed by atoms with E-state index < -0.39 is 11.9 Å². The van der Waals surface area contributed by atoms with Crippen molar-refractivity contribution in [3.05, 3.63) is 53.2 Å². The largest absolute Gasteiger partial charge is 0.496 e. The summed E-state index contributed by atoms with van der Waals surface area (Å²) in [6.45, 7) is 0.431. The zero-order chi connectivity index (χ0) is 19.0. The van der Waals surface area contributed by atoms with Gasteiger partial charge in [0, 0.05) is 23.5 Å². The van der Waals surface area contributed by atoms with Gasteiger partial charge in [0.2, 0.25) is 5.91 Å². The number of amides is 1. The van der Waals surface area contributed by atoms with Crippen molar-refractivity contribution in [2.24, 2.45) is 0 Å². The zero-order valence-corrected chi connectivity index (χ0v) is 14.3. The Morgan fingerprint density at radius 1 is 1.44 bits per heavy atom. The number of carbonyl (C=O) groups is 2. The minimum atomic E-state index is -1.12. The first kappa shape index (κ1) is 16.8. The van der Waals surface area contributed by atoms with Crippen molar-refractivity contribution in [1.82, 2.24) is 25.0 Å². The summed E-state index contributed by atoms with van der Waals surface area (Å²) in [5.41, 5.74) is 2.09. The number of hydrogen-bond donors (Lipinski definition) is 3. The van der Waals surface area contributed by atoms with E-state index in [4.69, 9.17) is 4.74 Å². The Balaban J connectivity index is 1.79. The lowest BCUT2D eigenvalue weighted by Crippen LogP contribution is -2.24. The molecule has 1 aliphatic rings. The molecule has 0 saturated heterocycles. The number of hydrogen-bond acceptors (Lipinski definition) is 6. The molecule has 1 atom stereocenters. The van der Waals surface area contributed by atoms with Crippen molar-refractivity contribution in [1.29, 1.82) is 0 Å². The average molecular weight is 368 g/mol. The average Bonchev–Trinajstić information content (AvgIpc) is 3.30. The van der Waals surface area contributed by atoms with Crippen LogP contribution in [0.15, 0.2) is 30.9 Å². The second kappa shape index (κ2) is 6.56.